The summed E-state index contributed by atoms with van der Waals surface area (Å²) >= 11 is 0.413. The third-order valence-corrected chi connectivity index (χ3v) is 5.10. The molecule has 1 nitrogen and oxygen atoms in total. The topological polar surface area (TPSA) is 12.9 Å². The van der Waals surface area contributed by atoms with E-state index in [9.17, 15) is 0 Å². The van der Waals surface area contributed by atoms with Gasteiger partial charge in [-0.25, -0.2) is 0 Å². The monoisotopic (exact) mass is 315 g/mol. The number of rotatable bonds is 2. The van der Waals surface area contributed by atoms with Gasteiger partial charge in [-0.2, -0.15) is 0 Å². The number of aryl methyl sites for hydroxylation is 1. The number of nitrogens with zero attached hydrogens (tertiary/aromatic N) is 1. The van der Waals surface area contributed by atoms with E-state index in [2.05, 4.69) is 62.1 Å². The maximum atomic E-state index is 4.83. The molecule has 0 atom stereocenters. The van der Waals surface area contributed by atoms with E-state index in [0.29, 0.717) is 20.4 Å². The van der Waals surface area contributed by atoms with Crippen LogP contribution in [0.1, 0.15) is 30.9 Å². The molecule has 0 fully saturated rings. The second-order valence-corrected chi connectivity index (χ2v) is 7.18. The van der Waals surface area contributed by atoms with Gasteiger partial charge in [0.15, 0.2) is 0 Å². The van der Waals surface area contributed by atoms with Gasteiger partial charge in [-0.15, -0.1) is 0 Å². The van der Waals surface area contributed by atoms with Gasteiger partial charge in [0.05, 0.1) is 0 Å². The number of aromatic nitrogens is 1. The van der Waals surface area contributed by atoms with Crippen molar-refractivity contribution in [2.24, 2.45) is 0 Å². The average Bonchev–Trinajstić information content (AvgIpc) is 2.85. The predicted octanol–water partition coefficient (Wildman–Crippen LogP) is 4.39. The molecule has 0 saturated heterocycles. The van der Waals surface area contributed by atoms with E-state index in [1.165, 1.54) is 26.5 Å². The zero-order valence-corrected chi connectivity index (χ0v) is 13.2. The number of hydrogen-bond donors (Lipinski definition) is 0. The van der Waals surface area contributed by atoms with Gasteiger partial charge >= 0.3 is 120 Å². The van der Waals surface area contributed by atoms with Gasteiger partial charge in [0.2, 0.25) is 0 Å². The standard InChI is InChI=1S/C17H17NSe/c1-11(2)14-8-12(3)9-15(10-14)16-5-4-13-6-7-19-17(13)18-16/h4-11H,1-3H3. The van der Waals surface area contributed by atoms with Crippen LogP contribution in [0.2, 0.25) is 0 Å². The Bertz CT molecular complexity index is 725. The average molecular weight is 314 g/mol. The van der Waals surface area contributed by atoms with Crippen LogP contribution >= 0.6 is 0 Å². The molecular weight excluding hydrogens is 297 g/mol. The molecule has 1 aromatic carbocycles. The zero-order valence-electron chi connectivity index (χ0n) is 11.5. The molecule has 3 rings (SSSR count). The van der Waals surface area contributed by atoms with Crippen LogP contribution in [0.25, 0.3) is 21.0 Å². The van der Waals surface area contributed by atoms with Crippen LogP contribution in [-0.2, 0) is 0 Å². The van der Waals surface area contributed by atoms with Crippen LogP contribution in [0.5, 0.6) is 0 Å². The number of fused-ring (bicyclic) bond motifs is 1. The van der Waals surface area contributed by atoms with Gasteiger partial charge in [-0.1, -0.05) is 0 Å². The Hall–Kier alpha value is -1.37. The van der Waals surface area contributed by atoms with Crippen LogP contribution in [0.15, 0.2) is 41.3 Å². The Morgan fingerprint density at radius 2 is 1.89 bits per heavy atom. The van der Waals surface area contributed by atoms with E-state index in [-0.39, 0.29) is 0 Å². The summed E-state index contributed by atoms with van der Waals surface area (Å²) in [4.78, 5) is 7.07. The summed E-state index contributed by atoms with van der Waals surface area (Å²) in [6.45, 7) is 6.64. The molecule has 0 aliphatic heterocycles. The summed E-state index contributed by atoms with van der Waals surface area (Å²) in [5.74, 6) is 0.555. The van der Waals surface area contributed by atoms with Crippen molar-refractivity contribution in [3.63, 3.8) is 0 Å². The van der Waals surface area contributed by atoms with Gasteiger partial charge in [0.1, 0.15) is 0 Å². The Morgan fingerprint density at radius 1 is 1.05 bits per heavy atom. The molecule has 96 valence electrons. The van der Waals surface area contributed by atoms with Crippen LogP contribution in [0, 0.1) is 6.92 Å². The molecule has 0 radical (unpaired) electrons. The number of hydrogen-bond acceptors (Lipinski definition) is 1. The third-order valence-electron chi connectivity index (χ3n) is 3.38. The van der Waals surface area contributed by atoms with Crippen LogP contribution in [0.3, 0.4) is 0 Å². The van der Waals surface area contributed by atoms with Gasteiger partial charge in [0.25, 0.3) is 0 Å². The predicted molar refractivity (Wildman–Crippen MR) is 82.9 cm³/mol. The van der Waals surface area contributed by atoms with E-state index >= 15 is 0 Å². The molecule has 2 heterocycles. The van der Waals surface area contributed by atoms with Crippen molar-refractivity contribution in [3.05, 3.63) is 52.5 Å². The van der Waals surface area contributed by atoms with Crippen LogP contribution < -0.4 is 0 Å². The minimum absolute atomic E-state index is 0.413. The second kappa shape index (κ2) is 4.96. The number of pyridine rings is 1. The molecule has 2 aromatic heterocycles. The van der Waals surface area contributed by atoms with Crippen molar-refractivity contribution < 1.29 is 0 Å². The first kappa shape index (κ1) is 12.7. The van der Waals surface area contributed by atoms with Crippen LogP contribution in [0.4, 0.5) is 0 Å². The maximum absolute atomic E-state index is 4.83. The Kier molecular flexibility index (Phi) is 3.30. The molecule has 0 N–H and O–H groups in total. The Morgan fingerprint density at radius 3 is 2.68 bits per heavy atom. The van der Waals surface area contributed by atoms with Crippen molar-refractivity contribution in [3.8, 4) is 11.3 Å². The van der Waals surface area contributed by atoms with Crippen molar-refractivity contribution in [2.75, 3.05) is 0 Å². The third kappa shape index (κ3) is 2.51. The van der Waals surface area contributed by atoms with Crippen molar-refractivity contribution >= 4 is 24.3 Å². The molecule has 0 saturated carbocycles. The summed E-state index contributed by atoms with van der Waals surface area (Å²) in [6, 6.07) is 13.3. The molecule has 0 spiro atoms. The van der Waals surface area contributed by atoms with E-state index in [4.69, 9.17) is 4.98 Å². The van der Waals surface area contributed by atoms with Crippen molar-refractivity contribution in [1.82, 2.24) is 4.98 Å². The minimum atomic E-state index is 0.413. The zero-order chi connectivity index (χ0) is 13.4. The first-order chi connectivity index (χ1) is 9.13. The first-order valence-corrected chi connectivity index (χ1v) is 8.44. The van der Waals surface area contributed by atoms with Crippen molar-refractivity contribution in [1.29, 1.82) is 0 Å². The fraction of sp³-hybridized carbons (Fsp3) is 0.235. The molecular formula is C17H17NSe. The molecule has 2 heteroatoms. The van der Waals surface area contributed by atoms with Crippen LogP contribution in [-0.4, -0.2) is 19.5 Å². The molecule has 3 aromatic rings. The first-order valence-electron chi connectivity index (χ1n) is 6.60. The fourth-order valence-corrected chi connectivity index (χ4v) is 3.91. The second-order valence-electron chi connectivity index (χ2n) is 5.30. The van der Waals surface area contributed by atoms with Gasteiger partial charge in [-0.05, 0) is 0 Å². The van der Waals surface area contributed by atoms with E-state index < -0.39 is 0 Å². The van der Waals surface area contributed by atoms with Gasteiger partial charge in [0, 0.05) is 0 Å². The summed E-state index contributed by atoms with van der Waals surface area (Å²) in [6.07, 6.45) is 0. The SMILES string of the molecule is Cc1cc(-c2ccc3cc[se]c3n2)cc(C(C)C)c1. The Balaban J connectivity index is 2.14. The van der Waals surface area contributed by atoms with Gasteiger partial charge < -0.3 is 0 Å². The summed E-state index contributed by atoms with van der Waals surface area (Å²) in [5.41, 5.74) is 5.05. The molecule has 0 aliphatic rings. The summed E-state index contributed by atoms with van der Waals surface area (Å²) < 4.78 is 1.26. The molecule has 0 amide bonds. The van der Waals surface area contributed by atoms with E-state index in [1.54, 1.807) is 0 Å². The summed E-state index contributed by atoms with van der Waals surface area (Å²) in [5, 5.41) is 1.29. The van der Waals surface area contributed by atoms with Crippen molar-refractivity contribution in [2.45, 2.75) is 26.7 Å². The molecule has 0 unspecified atom stereocenters. The summed E-state index contributed by atoms with van der Waals surface area (Å²) in [7, 11) is 0. The Labute approximate surface area is 120 Å². The van der Waals surface area contributed by atoms with E-state index in [0.717, 1.165) is 5.69 Å². The number of benzene rings is 1. The fourth-order valence-electron chi connectivity index (χ4n) is 2.30. The normalized spacial score (nSPS) is 11.4. The molecule has 19 heavy (non-hydrogen) atoms. The van der Waals surface area contributed by atoms with Gasteiger partial charge in [-0.3, -0.25) is 0 Å². The van der Waals surface area contributed by atoms with E-state index in [1.807, 2.05) is 0 Å². The molecule has 0 bridgehead atoms. The molecule has 0 aliphatic carbocycles. The quantitative estimate of drug-likeness (QED) is 0.639.